The van der Waals surface area contributed by atoms with Crippen molar-refractivity contribution in [2.24, 2.45) is 0 Å². The van der Waals surface area contributed by atoms with Crippen molar-refractivity contribution >= 4 is 11.3 Å². The Bertz CT molecular complexity index is 231. The molecule has 86 valence electrons. The maximum absolute atomic E-state index is 3.40. The van der Waals surface area contributed by atoms with Gasteiger partial charge in [0.1, 0.15) is 0 Å². The molecule has 1 N–H and O–H groups in total. The highest BCUT2D eigenvalue weighted by molar-refractivity contribution is 7.07. The Kier molecular flexibility index (Phi) is 6.69. The summed E-state index contributed by atoms with van der Waals surface area (Å²) >= 11 is 1.80. The minimum absolute atomic E-state index is 0.734. The van der Waals surface area contributed by atoms with E-state index < -0.39 is 0 Å². The zero-order chi connectivity index (χ0) is 10.9. The molecule has 1 nitrogen and oxygen atoms in total. The van der Waals surface area contributed by atoms with Crippen molar-refractivity contribution in [2.75, 3.05) is 7.05 Å². The molecule has 1 unspecified atom stereocenters. The molecule has 1 rings (SSSR count). The van der Waals surface area contributed by atoms with E-state index in [1.165, 1.54) is 44.1 Å². The number of unbranched alkanes of at least 4 members (excludes halogenated alkanes) is 1. The van der Waals surface area contributed by atoms with E-state index in [0.717, 1.165) is 6.04 Å². The average molecular weight is 225 g/mol. The molecule has 0 aliphatic rings. The number of rotatable bonds is 8. The normalized spacial score (nSPS) is 12.9. The highest BCUT2D eigenvalue weighted by Gasteiger charge is 2.03. The summed E-state index contributed by atoms with van der Waals surface area (Å²) in [5.74, 6) is 0. The van der Waals surface area contributed by atoms with Crippen LogP contribution < -0.4 is 5.32 Å². The van der Waals surface area contributed by atoms with Crippen LogP contribution in [0.2, 0.25) is 0 Å². The molecule has 0 spiro atoms. The second kappa shape index (κ2) is 7.89. The maximum atomic E-state index is 3.40. The number of nitrogens with one attached hydrogen (secondary N) is 1. The summed E-state index contributed by atoms with van der Waals surface area (Å²) in [6, 6.07) is 2.98. The Balaban J connectivity index is 2.05. The first-order valence-electron chi connectivity index (χ1n) is 6.05. The van der Waals surface area contributed by atoms with Crippen molar-refractivity contribution in [3.8, 4) is 0 Å². The summed E-state index contributed by atoms with van der Waals surface area (Å²) in [5, 5.41) is 7.83. The molecule has 0 aliphatic carbocycles. The zero-order valence-electron chi connectivity index (χ0n) is 9.96. The molecule has 0 radical (unpaired) electrons. The summed E-state index contributed by atoms with van der Waals surface area (Å²) in [5.41, 5.74) is 1.51. The largest absolute Gasteiger partial charge is 0.317 e. The number of hydrogen-bond acceptors (Lipinski definition) is 2. The van der Waals surface area contributed by atoms with Crippen molar-refractivity contribution in [3.05, 3.63) is 22.4 Å². The Morgan fingerprint density at radius 1 is 1.33 bits per heavy atom. The van der Waals surface area contributed by atoms with E-state index in [0.29, 0.717) is 0 Å². The second-order valence-electron chi connectivity index (χ2n) is 4.15. The lowest BCUT2D eigenvalue weighted by molar-refractivity contribution is 0.462. The van der Waals surface area contributed by atoms with Crippen LogP contribution in [0.15, 0.2) is 16.8 Å². The molecule has 1 atom stereocenters. The van der Waals surface area contributed by atoms with Crippen molar-refractivity contribution in [2.45, 2.75) is 51.5 Å². The van der Waals surface area contributed by atoms with E-state index >= 15 is 0 Å². The summed E-state index contributed by atoms with van der Waals surface area (Å²) < 4.78 is 0. The second-order valence-corrected chi connectivity index (χ2v) is 4.93. The summed E-state index contributed by atoms with van der Waals surface area (Å²) in [6.07, 6.45) is 7.87. The van der Waals surface area contributed by atoms with Crippen LogP contribution in [0, 0.1) is 0 Å². The topological polar surface area (TPSA) is 12.0 Å². The first-order valence-corrected chi connectivity index (χ1v) is 6.99. The van der Waals surface area contributed by atoms with E-state index in [-0.39, 0.29) is 0 Å². The fourth-order valence-corrected chi connectivity index (χ4v) is 2.64. The number of thiophene rings is 1. The lowest BCUT2D eigenvalue weighted by atomic mass is 10.0. The van der Waals surface area contributed by atoms with Gasteiger partial charge in [0.15, 0.2) is 0 Å². The van der Waals surface area contributed by atoms with Crippen LogP contribution in [0.5, 0.6) is 0 Å². The van der Waals surface area contributed by atoms with E-state index in [9.17, 15) is 0 Å². The van der Waals surface area contributed by atoms with Gasteiger partial charge in [0.05, 0.1) is 0 Å². The third kappa shape index (κ3) is 5.33. The molecule has 0 fully saturated rings. The van der Waals surface area contributed by atoms with Crippen LogP contribution in [-0.2, 0) is 6.42 Å². The molecule has 0 bridgehead atoms. The quantitative estimate of drug-likeness (QED) is 0.663. The summed E-state index contributed by atoms with van der Waals surface area (Å²) in [7, 11) is 2.08. The molecule has 0 amide bonds. The van der Waals surface area contributed by atoms with E-state index in [1.807, 2.05) is 0 Å². The van der Waals surface area contributed by atoms with Crippen molar-refractivity contribution in [3.63, 3.8) is 0 Å². The zero-order valence-corrected chi connectivity index (χ0v) is 10.8. The Morgan fingerprint density at radius 3 is 2.80 bits per heavy atom. The Hall–Kier alpha value is -0.340. The highest BCUT2D eigenvalue weighted by Crippen LogP contribution is 2.12. The minimum Gasteiger partial charge on any atom is -0.317 e. The maximum Gasteiger partial charge on any atom is 0.00639 e. The van der Waals surface area contributed by atoms with Crippen molar-refractivity contribution < 1.29 is 0 Å². The smallest absolute Gasteiger partial charge is 0.00639 e. The molecule has 0 saturated heterocycles. The first kappa shape index (κ1) is 12.7. The summed E-state index contributed by atoms with van der Waals surface area (Å²) in [6.45, 7) is 2.26. The standard InChI is InChI=1S/C13H23NS/c1-3-6-13(14-2)8-5-4-7-12-9-10-15-11-12/h9-11,13-14H,3-8H2,1-2H3. The van der Waals surface area contributed by atoms with Crippen molar-refractivity contribution in [1.82, 2.24) is 5.32 Å². The van der Waals surface area contributed by atoms with Crippen LogP contribution in [0.25, 0.3) is 0 Å². The van der Waals surface area contributed by atoms with Gasteiger partial charge < -0.3 is 5.32 Å². The van der Waals surface area contributed by atoms with E-state index in [4.69, 9.17) is 0 Å². The van der Waals surface area contributed by atoms with Crippen molar-refractivity contribution in [1.29, 1.82) is 0 Å². The number of aryl methyl sites for hydroxylation is 1. The molecular weight excluding hydrogens is 202 g/mol. The summed E-state index contributed by atoms with van der Waals surface area (Å²) in [4.78, 5) is 0. The van der Waals surface area contributed by atoms with Crippen LogP contribution in [0.1, 0.15) is 44.6 Å². The first-order chi connectivity index (χ1) is 7.36. The van der Waals surface area contributed by atoms with Gasteiger partial charge >= 0.3 is 0 Å². The SMILES string of the molecule is CCCC(CCCCc1ccsc1)NC. The molecule has 1 aromatic heterocycles. The van der Waals surface area contributed by atoms with Crippen LogP contribution in [0.3, 0.4) is 0 Å². The van der Waals surface area contributed by atoms with Gasteiger partial charge in [0.2, 0.25) is 0 Å². The molecule has 0 aliphatic heterocycles. The van der Waals surface area contributed by atoms with Gasteiger partial charge in [-0.1, -0.05) is 19.8 Å². The minimum atomic E-state index is 0.734. The van der Waals surface area contributed by atoms with Gasteiger partial charge in [0, 0.05) is 6.04 Å². The fourth-order valence-electron chi connectivity index (χ4n) is 1.94. The molecule has 0 aromatic carbocycles. The van der Waals surface area contributed by atoms with Gasteiger partial charge in [-0.05, 0) is 55.1 Å². The van der Waals surface area contributed by atoms with E-state index in [2.05, 4.69) is 36.1 Å². The third-order valence-corrected chi connectivity index (χ3v) is 3.63. The van der Waals surface area contributed by atoms with Gasteiger partial charge in [-0.2, -0.15) is 11.3 Å². The van der Waals surface area contributed by atoms with Crippen LogP contribution >= 0.6 is 11.3 Å². The monoisotopic (exact) mass is 225 g/mol. The molecule has 15 heavy (non-hydrogen) atoms. The van der Waals surface area contributed by atoms with Gasteiger partial charge in [0.25, 0.3) is 0 Å². The molecule has 1 aromatic rings. The lowest BCUT2D eigenvalue weighted by Crippen LogP contribution is -2.24. The molecule has 2 heteroatoms. The lowest BCUT2D eigenvalue weighted by Gasteiger charge is -2.14. The fraction of sp³-hybridized carbons (Fsp3) is 0.692. The predicted molar refractivity (Wildman–Crippen MR) is 69.6 cm³/mol. The van der Waals surface area contributed by atoms with Gasteiger partial charge in [-0.25, -0.2) is 0 Å². The van der Waals surface area contributed by atoms with E-state index in [1.54, 1.807) is 11.3 Å². The Labute approximate surface area is 97.9 Å². The molecule has 1 heterocycles. The highest BCUT2D eigenvalue weighted by atomic mass is 32.1. The predicted octanol–water partition coefficient (Wildman–Crippen LogP) is 3.85. The van der Waals surface area contributed by atoms with Crippen LogP contribution in [-0.4, -0.2) is 13.1 Å². The average Bonchev–Trinajstić information content (AvgIpc) is 2.75. The Morgan fingerprint density at radius 2 is 2.20 bits per heavy atom. The van der Waals surface area contributed by atoms with Gasteiger partial charge in [-0.3, -0.25) is 0 Å². The molecule has 0 saturated carbocycles. The van der Waals surface area contributed by atoms with Gasteiger partial charge in [-0.15, -0.1) is 0 Å². The molecular formula is C13H23NS. The third-order valence-electron chi connectivity index (χ3n) is 2.89. The van der Waals surface area contributed by atoms with Crippen LogP contribution in [0.4, 0.5) is 0 Å². The number of hydrogen-bond donors (Lipinski definition) is 1.